The lowest BCUT2D eigenvalue weighted by Gasteiger charge is -2.26. The van der Waals surface area contributed by atoms with Crippen LogP contribution in [0.5, 0.6) is 0 Å². The average Bonchev–Trinajstić information content (AvgIpc) is 2.83. The number of nitro groups is 1. The monoisotopic (exact) mass is 295 g/mol. The van der Waals surface area contributed by atoms with Gasteiger partial charge in [0.25, 0.3) is 5.69 Å². The van der Waals surface area contributed by atoms with Crippen molar-refractivity contribution in [1.29, 1.82) is 0 Å². The van der Waals surface area contributed by atoms with Gasteiger partial charge >= 0.3 is 0 Å². The van der Waals surface area contributed by atoms with Crippen LogP contribution in [0.15, 0.2) is 12.3 Å². The average molecular weight is 295 g/mol. The molecule has 1 aliphatic rings. The molecule has 1 atom stereocenters. The van der Waals surface area contributed by atoms with Crippen LogP contribution in [0.25, 0.3) is 0 Å². The van der Waals surface area contributed by atoms with Crippen LogP contribution in [0.4, 0.5) is 11.5 Å². The summed E-state index contributed by atoms with van der Waals surface area (Å²) in [6.07, 6.45) is 2.05. The molecule has 0 bridgehead atoms. The fourth-order valence-corrected chi connectivity index (χ4v) is 2.50. The predicted molar refractivity (Wildman–Crippen MR) is 78.2 cm³/mol. The summed E-state index contributed by atoms with van der Waals surface area (Å²) in [6, 6.07) is 1.52. The molecule has 116 valence electrons. The van der Waals surface area contributed by atoms with Crippen molar-refractivity contribution < 1.29 is 14.4 Å². The summed E-state index contributed by atoms with van der Waals surface area (Å²) in [7, 11) is 0. The number of hydrogen-bond acceptors (Lipinski definition) is 6. The number of ether oxygens (including phenoxy) is 2. The third-order valence-electron chi connectivity index (χ3n) is 3.51. The highest BCUT2D eigenvalue weighted by Crippen LogP contribution is 2.27. The Morgan fingerprint density at radius 3 is 2.76 bits per heavy atom. The number of nitrogens with one attached hydrogen (secondary N) is 1. The van der Waals surface area contributed by atoms with E-state index in [9.17, 15) is 10.1 Å². The van der Waals surface area contributed by atoms with Crippen molar-refractivity contribution in [2.24, 2.45) is 5.92 Å². The summed E-state index contributed by atoms with van der Waals surface area (Å²) in [5.74, 6) is 0.495. The van der Waals surface area contributed by atoms with Gasteiger partial charge in [-0.2, -0.15) is 0 Å². The molecule has 0 amide bonds. The number of nitrogens with zero attached hydrogens (tertiary/aromatic N) is 2. The van der Waals surface area contributed by atoms with E-state index in [-0.39, 0.29) is 5.69 Å². The molecule has 2 heterocycles. The van der Waals surface area contributed by atoms with Crippen molar-refractivity contribution in [2.75, 3.05) is 25.1 Å². The minimum atomic E-state index is -0.501. The van der Waals surface area contributed by atoms with Crippen LogP contribution in [0.3, 0.4) is 0 Å². The number of anilines is 1. The van der Waals surface area contributed by atoms with Gasteiger partial charge in [0.1, 0.15) is 12.0 Å². The smallest absolute Gasteiger partial charge is 0.287 e. The van der Waals surface area contributed by atoms with E-state index in [0.717, 1.165) is 12.0 Å². The standard InChI is InChI=1S/C14H21N3O4/c1-10(7-14(3)20-4-5-21-14)8-15-13-11(2)6-12(9-16-13)17(18)19/h6,9-10H,4-5,7-8H2,1-3H3,(H,15,16)/t10-/m1/s1. The number of aryl methyl sites for hydroxylation is 1. The van der Waals surface area contributed by atoms with Gasteiger partial charge in [-0.25, -0.2) is 4.98 Å². The highest BCUT2D eigenvalue weighted by molar-refractivity contribution is 5.48. The first-order valence-corrected chi connectivity index (χ1v) is 7.02. The van der Waals surface area contributed by atoms with Crippen molar-refractivity contribution in [3.63, 3.8) is 0 Å². The minimum Gasteiger partial charge on any atom is -0.370 e. The molecule has 0 aromatic carbocycles. The molecule has 7 heteroatoms. The first kappa shape index (κ1) is 15.7. The molecule has 0 unspecified atom stereocenters. The Morgan fingerprint density at radius 2 is 2.19 bits per heavy atom. The lowest BCUT2D eigenvalue weighted by Crippen LogP contribution is -2.30. The van der Waals surface area contributed by atoms with Crippen LogP contribution in [0.2, 0.25) is 0 Å². The molecule has 21 heavy (non-hydrogen) atoms. The zero-order chi connectivity index (χ0) is 15.5. The van der Waals surface area contributed by atoms with Gasteiger partial charge < -0.3 is 14.8 Å². The largest absolute Gasteiger partial charge is 0.370 e. The van der Waals surface area contributed by atoms with E-state index >= 15 is 0 Å². The van der Waals surface area contributed by atoms with Crippen molar-refractivity contribution in [3.8, 4) is 0 Å². The molecule has 0 saturated carbocycles. The summed E-state index contributed by atoms with van der Waals surface area (Å²) in [5.41, 5.74) is 0.766. The number of aromatic nitrogens is 1. The summed E-state index contributed by atoms with van der Waals surface area (Å²) < 4.78 is 11.2. The fraction of sp³-hybridized carbons (Fsp3) is 0.643. The van der Waals surface area contributed by atoms with Crippen molar-refractivity contribution in [1.82, 2.24) is 4.98 Å². The lowest BCUT2D eigenvalue weighted by molar-refractivity contribution is -0.385. The Labute approximate surface area is 123 Å². The van der Waals surface area contributed by atoms with E-state index in [1.807, 2.05) is 6.92 Å². The van der Waals surface area contributed by atoms with Gasteiger partial charge in [-0.3, -0.25) is 10.1 Å². The molecule has 0 radical (unpaired) electrons. The van der Waals surface area contributed by atoms with Crippen LogP contribution >= 0.6 is 0 Å². The fourth-order valence-electron chi connectivity index (χ4n) is 2.50. The van der Waals surface area contributed by atoms with Gasteiger partial charge in [0, 0.05) is 19.0 Å². The molecule has 1 N–H and O–H groups in total. The molecule has 1 aromatic rings. The summed E-state index contributed by atoms with van der Waals surface area (Å²) in [5, 5.41) is 13.9. The molecule has 1 fully saturated rings. The molecule has 0 aliphatic carbocycles. The van der Waals surface area contributed by atoms with Gasteiger partial charge in [0.05, 0.1) is 18.1 Å². The molecule has 1 saturated heterocycles. The zero-order valence-corrected chi connectivity index (χ0v) is 12.6. The Hall–Kier alpha value is -1.73. The zero-order valence-electron chi connectivity index (χ0n) is 12.6. The van der Waals surface area contributed by atoms with E-state index in [4.69, 9.17) is 9.47 Å². The SMILES string of the molecule is Cc1cc([N+](=O)[O-])cnc1NC[C@H](C)CC1(C)OCCO1. The van der Waals surface area contributed by atoms with E-state index in [1.165, 1.54) is 12.3 Å². The number of pyridine rings is 1. The van der Waals surface area contributed by atoms with Crippen molar-refractivity contribution in [2.45, 2.75) is 33.0 Å². The van der Waals surface area contributed by atoms with Gasteiger partial charge in [0.2, 0.25) is 0 Å². The third-order valence-corrected chi connectivity index (χ3v) is 3.51. The second kappa shape index (κ2) is 6.36. The summed E-state index contributed by atoms with van der Waals surface area (Å²) in [6.45, 7) is 7.83. The molecule has 1 aliphatic heterocycles. The Balaban J connectivity index is 1.89. The van der Waals surface area contributed by atoms with Crippen molar-refractivity contribution in [3.05, 3.63) is 27.9 Å². The Bertz CT molecular complexity index is 515. The Morgan fingerprint density at radius 1 is 1.52 bits per heavy atom. The summed E-state index contributed by atoms with van der Waals surface area (Å²) in [4.78, 5) is 14.3. The molecule has 2 rings (SSSR count). The molecular formula is C14H21N3O4. The van der Waals surface area contributed by atoms with Gasteiger partial charge in [-0.05, 0) is 25.3 Å². The number of rotatable bonds is 6. The first-order valence-electron chi connectivity index (χ1n) is 7.02. The lowest BCUT2D eigenvalue weighted by atomic mass is 10.0. The maximum absolute atomic E-state index is 10.7. The van der Waals surface area contributed by atoms with Crippen LogP contribution in [-0.4, -0.2) is 35.5 Å². The molecule has 7 nitrogen and oxygen atoms in total. The maximum atomic E-state index is 10.7. The van der Waals surface area contributed by atoms with Gasteiger partial charge in [-0.15, -0.1) is 0 Å². The van der Waals surface area contributed by atoms with E-state index in [2.05, 4.69) is 17.2 Å². The van der Waals surface area contributed by atoms with Crippen LogP contribution in [0.1, 0.15) is 25.8 Å². The minimum absolute atomic E-state index is 0.00589. The van der Waals surface area contributed by atoms with Crippen LogP contribution in [0, 0.1) is 23.0 Å². The quantitative estimate of drug-likeness (QED) is 0.641. The third kappa shape index (κ3) is 4.12. The molecule has 1 aromatic heterocycles. The Kier molecular flexibility index (Phi) is 4.74. The first-order chi connectivity index (χ1) is 9.89. The second-order valence-corrected chi connectivity index (χ2v) is 5.64. The van der Waals surface area contributed by atoms with Gasteiger partial charge in [0.15, 0.2) is 5.79 Å². The maximum Gasteiger partial charge on any atom is 0.287 e. The van der Waals surface area contributed by atoms with Gasteiger partial charge in [-0.1, -0.05) is 6.92 Å². The summed E-state index contributed by atoms with van der Waals surface area (Å²) >= 11 is 0. The van der Waals surface area contributed by atoms with Crippen molar-refractivity contribution >= 4 is 11.5 Å². The topological polar surface area (TPSA) is 86.5 Å². The number of hydrogen-bond donors (Lipinski definition) is 1. The van der Waals surface area contributed by atoms with E-state index in [0.29, 0.717) is 31.5 Å². The van der Waals surface area contributed by atoms with E-state index < -0.39 is 10.7 Å². The second-order valence-electron chi connectivity index (χ2n) is 5.64. The highest BCUT2D eigenvalue weighted by Gasteiger charge is 2.32. The normalized spacial score (nSPS) is 18.4. The van der Waals surface area contributed by atoms with Crippen LogP contribution < -0.4 is 5.32 Å². The molecule has 0 spiro atoms. The highest BCUT2D eigenvalue weighted by atomic mass is 16.7. The molecular weight excluding hydrogens is 274 g/mol. The predicted octanol–water partition coefficient (Wildman–Crippen LogP) is 2.50. The van der Waals surface area contributed by atoms with Crippen LogP contribution in [-0.2, 0) is 9.47 Å². The van der Waals surface area contributed by atoms with E-state index in [1.54, 1.807) is 6.92 Å².